The van der Waals surface area contributed by atoms with Crippen LogP contribution in [0.3, 0.4) is 0 Å². The van der Waals surface area contributed by atoms with E-state index in [4.69, 9.17) is 14.2 Å². The van der Waals surface area contributed by atoms with Crippen LogP contribution in [0.2, 0.25) is 0 Å². The van der Waals surface area contributed by atoms with E-state index in [2.05, 4.69) is 50.3 Å². The van der Waals surface area contributed by atoms with Crippen LogP contribution >= 0.6 is 0 Å². The Balaban J connectivity index is 4.26. The highest BCUT2D eigenvalue weighted by Crippen LogP contribution is 2.16. The fourth-order valence-electron chi connectivity index (χ4n) is 7.26. The van der Waals surface area contributed by atoms with E-state index in [1.807, 2.05) is 0 Å². The van der Waals surface area contributed by atoms with E-state index in [-0.39, 0.29) is 42.7 Å². The molecule has 0 saturated carbocycles. The third kappa shape index (κ3) is 40.7. The second kappa shape index (κ2) is 42.2. The number of carboxylic acids is 1. The predicted octanol–water partition coefficient (Wildman–Crippen LogP) is 12.5. The van der Waals surface area contributed by atoms with Crippen molar-refractivity contribution >= 4 is 17.9 Å². The topological polar surface area (TPSA) is 102 Å². The molecule has 8 nitrogen and oxygen atoms in total. The number of likely N-dealkylation sites (N-methyl/N-ethyl adjacent to an activating group) is 1. The van der Waals surface area contributed by atoms with Gasteiger partial charge in [-0.1, -0.05) is 192 Å². The maximum atomic E-state index is 12.8. The number of hydrogen-bond donors (Lipinski definition) is 0. The standard InChI is InChI=1S/C51H93NO7/c1-6-8-10-12-14-16-18-20-22-24-25-26-28-30-32-34-36-38-40-42-50(54)59-47(45-57-44-43-48(51(55)56)52(3,4)5)46-58-49(53)41-39-37-35-33-31-29-27-23-21-19-17-15-13-11-9-7-2/h8,10,14,16,20,22,47-48H,6-7,9,11-13,15,17-19,21,23-46H2,1-5H3/b10-8+,16-14+,22-20+. The Morgan fingerprint density at radius 1 is 0.525 bits per heavy atom. The molecule has 0 spiro atoms. The largest absolute Gasteiger partial charge is 0.544 e. The normalized spacial score (nSPS) is 13.2. The van der Waals surface area contributed by atoms with Gasteiger partial charge in [-0.15, -0.1) is 0 Å². The highest BCUT2D eigenvalue weighted by Gasteiger charge is 2.25. The van der Waals surface area contributed by atoms with E-state index in [1.54, 1.807) is 21.1 Å². The molecule has 59 heavy (non-hydrogen) atoms. The molecule has 0 N–H and O–H groups in total. The molecule has 0 radical (unpaired) electrons. The predicted molar refractivity (Wildman–Crippen MR) is 245 cm³/mol. The highest BCUT2D eigenvalue weighted by atomic mass is 16.6. The minimum Gasteiger partial charge on any atom is -0.544 e. The van der Waals surface area contributed by atoms with Crippen molar-refractivity contribution in [3.05, 3.63) is 36.5 Å². The lowest BCUT2D eigenvalue weighted by atomic mass is 10.0. The van der Waals surface area contributed by atoms with E-state index in [0.29, 0.717) is 12.8 Å². The Labute approximate surface area is 364 Å². The molecule has 0 aliphatic heterocycles. The zero-order chi connectivity index (χ0) is 43.5. The summed E-state index contributed by atoms with van der Waals surface area (Å²) < 4.78 is 17.2. The summed E-state index contributed by atoms with van der Waals surface area (Å²) in [5.41, 5.74) is 0. The number of carbonyl (C=O) groups is 3. The van der Waals surface area contributed by atoms with Crippen LogP contribution < -0.4 is 5.11 Å². The minimum absolute atomic E-state index is 0.0415. The maximum absolute atomic E-state index is 12.8. The van der Waals surface area contributed by atoms with Crippen LogP contribution in [0.5, 0.6) is 0 Å². The van der Waals surface area contributed by atoms with Gasteiger partial charge >= 0.3 is 11.9 Å². The second-order valence-electron chi connectivity index (χ2n) is 17.7. The minimum atomic E-state index is -1.12. The van der Waals surface area contributed by atoms with Gasteiger partial charge in [-0.05, 0) is 44.9 Å². The molecule has 8 heteroatoms. The zero-order valence-corrected chi connectivity index (χ0v) is 39.2. The third-order valence-corrected chi connectivity index (χ3v) is 11.0. The van der Waals surface area contributed by atoms with Gasteiger partial charge in [0.25, 0.3) is 0 Å². The Bertz CT molecular complexity index is 1060. The van der Waals surface area contributed by atoms with Gasteiger partial charge in [0, 0.05) is 19.3 Å². The van der Waals surface area contributed by atoms with Crippen LogP contribution in [0.4, 0.5) is 0 Å². The molecule has 0 fully saturated rings. The summed E-state index contributed by atoms with van der Waals surface area (Å²) in [7, 11) is 5.42. The molecule has 0 aromatic rings. The van der Waals surface area contributed by atoms with Crippen molar-refractivity contribution in [2.75, 3.05) is 41.0 Å². The van der Waals surface area contributed by atoms with Gasteiger partial charge in [0.05, 0.1) is 40.3 Å². The number of ether oxygens (including phenoxy) is 3. The molecular formula is C51H93NO7. The van der Waals surface area contributed by atoms with E-state index in [9.17, 15) is 19.5 Å². The van der Waals surface area contributed by atoms with E-state index < -0.39 is 18.1 Å². The average molecular weight is 832 g/mol. The summed E-state index contributed by atoms with van der Waals surface area (Å²) in [5.74, 6) is -1.73. The average Bonchev–Trinajstić information content (AvgIpc) is 3.19. The van der Waals surface area contributed by atoms with Crippen molar-refractivity contribution < 1.29 is 38.2 Å². The molecule has 0 aliphatic carbocycles. The first-order valence-electron chi connectivity index (χ1n) is 24.5. The van der Waals surface area contributed by atoms with Gasteiger partial charge in [-0.25, -0.2) is 0 Å². The van der Waals surface area contributed by atoms with Crippen LogP contribution in [0.15, 0.2) is 36.5 Å². The van der Waals surface area contributed by atoms with Crippen molar-refractivity contribution in [2.24, 2.45) is 0 Å². The number of hydrogen-bond acceptors (Lipinski definition) is 7. The number of carbonyl (C=O) groups excluding carboxylic acids is 3. The van der Waals surface area contributed by atoms with Gasteiger partial charge < -0.3 is 28.6 Å². The van der Waals surface area contributed by atoms with Crippen LogP contribution in [-0.2, 0) is 28.6 Å². The maximum Gasteiger partial charge on any atom is 0.306 e. The Morgan fingerprint density at radius 2 is 0.949 bits per heavy atom. The number of nitrogens with zero attached hydrogens (tertiary/aromatic N) is 1. The van der Waals surface area contributed by atoms with Gasteiger partial charge in [-0.2, -0.15) is 0 Å². The smallest absolute Gasteiger partial charge is 0.306 e. The number of aliphatic carboxylic acids is 1. The molecule has 0 heterocycles. The first-order chi connectivity index (χ1) is 28.6. The fourth-order valence-corrected chi connectivity index (χ4v) is 7.26. The first-order valence-corrected chi connectivity index (χ1v) is 24.5. The molecule has 0 amide bonds. The molecule has 2 unspecified atom stereocenters. The molecule has 0 bridgehead atoms. The Hall–Kier alpha value is -2.45. The molecular weight excluding hydrogens is 739 g/mol. The van der Waals surface area contributed by atoms with Crippen LogP contribution in [0.25, 0.3) is 0 Å². The third-order valence-electron chi connectivity index (χ3n) is 11.0. The number of allylic oxidation sites excluding steroid dienone is 6. The van der Waals surface area contributed by atoms with Crippen LogP contribution in [-0.4, -0.2) is 75.5 Å². The van der Waals surface area contributed by atoms with E-state index in [0.717, 1.165) is 64.2 Å². The summed E-state index contributed by atoms with van der Waals surface area (Å²) in [6.07, 6.45) is 48.8. The number of carboxylic acid groups (broad SMARTS) is 1. The summed E-state index contributed by atoms with van der Waals surface area (Å²) in [5, 5.41) is 11.6. The van der Waals surface area contributed by atoms with E-state index in [1.165, 1.54) is 122 Å². The molecule has 0 rings (SSSR count). The molecule has 0 aromatic carbocycles. The summed E-state index contributed by atoms with van der Waals surface area (Å²) >= 11 is 0. The van der Waals surface area contributed by atoms with Crippen LogP contribution in [0.1, 0.15) is 219 Å². The van der Waals surface area contributed by atoms with Crippen molar-refractivity contribution in [1.82, 2.24) is 0 Å². The first kappa shape index (κ1) is 56.5. The molecule has 2 atom stereocenters. The van der Waals surface area contributed by atoms with Crippen molar-refractivity contribution in [3.8, 4) is 0 Å². The number of rotatable bonds is 44. The summed E-state index contributed by atoms with van der Waals surface area (Å²) in [6.45, 7) is 4.58. The van der Waals surface area contributed by atoms with E-state index >= 15 is 0 Å². The second-order valence-corrected chi connectivity index (χ2v) is 17.7. The van der Waals surface area contributed by atoms with Crippen LogP contribution in [0, 0.1) is 0 Å². The molecule has 0 saturated heterocycles. The Kier molecular flexibility index (Phi) is 40.5. The lowest BCUT2D eigenvalue weighted by Crippen LogP contribution is -2.55. The highest BCUT2D eigenvalue weighted by molar-refractivity contribution is 5.70. The van der Waals surface area contributed by atoms with Crippen molar-refractivity contribution in [3.63, 3.8) is 0 Å². The zero-order valence-electron chi connectivity index (χ0n) is 39.2. The fraction of sp³-hybridized carbons (Fsp3) is 0.824. The lowest BCUT2D eigenvalue weighted by Gasteiger charge is -2.34. The van der Waals surface area contributed by atoms with Gasteiger partial charge in [-0.3, -0.25) is 9.59 Å². The number of unbranched alkanes of at least 4 members (excludes halogenated alkanes) is 24. The molecule has 0 aromatic heterocycles. The quantitative estimate of drug-likeness (QED) is 0.0261. The SMILES string of the molecule is CC/C=C/C/C=C/C/C=C/CCCCCCCCCCCC(=O)OC(COCCC(C(=O)[O-])[N+](C)(C)C)COC(=O)CCCCCCCCCCCCCCCCCC. The van der Waals surface area contributed by atoms with Crippen molar-refractivity contribution in [1.29, 1.82) is 0 Å². The number of quaternary nitrogens is 1. The molecule has 344 valence electrons. The van der Waals surface area contributed by atoms with Crippen molar-refractivity contribution in [2.45, 2.75) is 231 Å². The Morgan fingerprint density at radius 3 is 1.41 bits per heavy atom. The summed E-state index contributed by atoms with van der Waals surface area (Å²) in [4.78, 5) is 37.0. The van der Waals surface area contributed by atoms with Gasteiger partial charge in [0.15, 0.2) is 6.10 Å². The van der Waals surface area contributed by atoms with Gasteiger partial charge in [0.2, 0.25) is 0 Å². The summed E-state index contributed by atoms with van der Waals surface area (Å²) in [6, 6.07) is -0.725. The lowest BCUT2D eigenvalue weighted by molar-refractivity contribution is -0.889. The number of esters is 2. The monoisotopic (exact) mass is 832 g/mol. The molecule has 0 aliphatic rings. The van der Waals surface area contributed by atoms with Gasteiger partial charge in [0.1, 0.15) is 12.6 Å².